The average molecular weight is 515 g/mol. The van der Waals surface area contributed by atoms with E-state index in [1.165, 1.54) is 4.90 Å². The molecule has 7 nitrogen and oxygen atoms in total. The SMILES string of the molecule is COc1ccc2nccc([C@@H](F)CCC3CCN(CCSc4c[nH]nc4C)CC3CCC(=O)O)c2c1. The fourth-order valence-electron chi connectivity index (χ4n) is 5.22. The number of ether oxygens (including phenoxy) is 1. The molecule has 3 aromatic rings. The number of fused-ring (bicyclic) bond motifs is 1. The normalized spacial score (nSPS) is 19.4. The third-order valence-electron chi connectivity index (χ3n) is 7.26. The number of carboxylic acids is 1. The lowest BCUT2D eigenvalue weighted by atomic mass is 9.79. The molecule has 194 valence electrons. The lowest BCUT2D eigenvalue weighted by Crippen LogP contribution is -2.41. The van der Waals surface area contributed by atoms with Crippen molar-refractivity contribution in [2.75, 3.05) is 32.5 Å². The first-order valence-electron chi connectivity index (χ1n) is 12.6. The summed E-state index contributed by atoms with van der Waals surface area (Å²) in [5, 5.41) is 17.1. The van der Waals surface area contributed by atoms with Crippen LogP contribution in [0.1, 0.15) is 49.5 Å². The lowest BCUT2D eigenvalue weighted by Gasteiger charge is -2.39. The van der Waals surface area contributed by atoms with Gasteiger partial charge in [-0.2, -0.15) is 5.10 Å². The van der Waals surface area contributed by atoms with Crippen LogP contribution >= 0.6 is 11.8 Å². The molecule has 0 amide bonds. The van der Waals surface area contributed by atoms with Crippen LogP contribution < -0.4 is 4.74 Å². The van der Waals surface area contributed by atoms with Crippen molar-refractivity contribution in [3.05, 3.63) is 47.9 Å². The molecule has 3 heterocycles. The van der Waals surface area contributed by atoms with Crippen LogP contribution in [0.15, 0.2) is 41.6 Å². The molecule has 1 aliphatic heterocycles. The maximum Gasteiger partial charge on any atom is 0.303 e. The summed E-state index contributed by atoms with van der Waals surface area (Å²) in [5.74, 6) is 1.47. The minimum Gasteiger partial charge on any atom is -0.497 e. The largest absolute Gasteiger partial charge is 0.497 e. The number of piperidine rings is 1. The van der Waals surface area contributed by atoms with Crippen LogP contribution in [-0.4, -0.2) is 63.7 Å². The number of thioether (sulfide) groups is 1. The third-order valence-corrected chi connectivity index (χ3v) is 8.38. The average Bonchev–Trinajstić information content (AvgIpc) is 3.30. The van der Waals surface area contributed by atoms with Crippen molar-refractivity contribution in [1.82, 2.24) is 20.1 Å². The number of hydrogen-bond acceptors (Lipinski definition) is 6. The number of likely N-dealkylation sites (tertiary alicyclic amines) is 1. The summed E-state index contributed by atoms with van der Waals surface area (Å²) in [6.45, 7) is 4.78. The first kappa shape index (κ1) is 26.4. The van der Waals surface area contributed by atoms with Crippen molar-refractivity contribution >= 4 is 28.6 Å². The zero-order valence-electron chi connectivity index (χ0n) is 21.0. The van der Waals surface area contributed by atoms with Gasteiger partial charge in [0.2, 0.25) is 0 Å². The van der Waals surface area contributed by atoms with E-state index in [1.54, 1.807) is 31.1 Å². The first-order chi connectivity index (χ1) is 17.4. The molecule has 0 radical (unpaired) electrons. The van der Waals surface area contributed by atoms with Gasteiger partial charge in [0.1, 0.15) is 11.9 Å². The van der Waals surface area contributed by atoms with E-state index in [0.717, 1.165) is 54.8 Å². The zero-order valence-corrected chi connectivity index (χ0v) is 21.8. The molecule has 36 heavy (non-hydrogen) atoms. The molecule has 0 saturated carbocycles. The molecule has 2 N–H and O–H groups in total. The Bertz CT molecular complexity index is 1160. The summed E-state index contributed by atoms with van der Waals surface area (Å²) in [5.41, 5.74) is 2.41. The Morgan fingerprint density at radius 2 is 2.19 bits per heavy atom. The number of benzene rings is 1. The van der Waals surface area contributed by atoms with Gasteiger partial charge >= 0.3 is 5.97 Å². The topological polar surface area (TPSA) is 91.3 Å². The summed E-state index contributed by atoms with van der Waals surface area (Å²) in [6.07, 6.45) is 5.41. The molecule has 4 rings (SSSR count). The molecular formula is C27H35FN4O3S. The number of H-pyrrole nitrogens is 1. The number of hydrogen-bond donors (Lipinski definition) is 2. The number of halogens is 1. The van der Waals surface area contributed by atoms with Crippen molar-refractivity contribution in [3.8, 4) is 5.75 Å². The van der Waals surface area contributed by atoms with Gasteiger partial charge in [0, 0.05) is 47.9 Å². The van der Waals surface area contributed by atoms with Crippen LogP contribution in [0.4, 0.5) is 4.39 Å². The Morgan fingerprint density at radius 3 is 2.94 bits per heavy atom. The molecule has 1 saturated heterocycles. The molecule has 1 aliphatic rings. The van der Waals surface area contributed by atoms with Gasteiger partial charge in [0.25, 0.3) is 0 Å². The summed E-state index contributed by atoms with van der Waals surface area (Å²) in [4.78, 5) is 19.3. The van der Waals surface area contributed by atoms with Crippen molar-refractivity contribution in [2.45, 2.75) is 50.1 Å². The van der Waals surface area contributed by atoms with Gasteiger partial charge < -0.3 is 14.7 Å². The van der Waals surface area contributed by atoms with E-state index in [0.29, 0.717) is 30.1 Å². The number of rotatable bonds is 12. The quantitative estimate of drug-likeness (QED) is 0.301. The minimum atomic E-state index is -1.10. The smallest absolute Gasteiger partial charge is 0.303 e. The number of aliphatic carboxylic acids is 1. The molecule has 3 atom stereocenters. The zero-order chi connectivity index (χ0) is 25.5. The van der Waals surface area contributed by atoms with Crippen molar-refractivity contribution < 1.29 is 19.0 Å². The highest BCUT2D eigenvalue weighted by atomic mass is 32.2. The van der Waals surface area contributed by atoms with Gasteiger partial charge in [-0.3, -0.25) is 14.9 Å². The van der Waals surface area contributed by atoms with Crippen molar-refractivity contribution in [1.29, 1.82) is 0 Å². The molecule has 1 aromatic carbocycles. The first-order valence-corrected chi connectivity index (χ1v) is 13.6. The Labute approximate surface area is 215 Å². The monoisotopic (exact) mass is 514 g/mol. The highest BCUT2D eigenvalue weighted by molar-refractivity contribution is 7.99. The number of nitrogens with one attached hydrogen (secondary N) is 1. The van der Waals surface area contributed by atoms with Crippen LogP contribution in [0, 0.1) is 18.8 Å². The maximum absolute atomic E-state index is 15.5. The molecule has 0 aliphatic carbocycles. The van der Waals surface area contributed by atoms with Crippen LogP contribution in [0.3, 0.4) is 0 Å². The molecule has 0 bridgehead atoms. The molecule has 0 spiro atoms. The minimum absolute atomic E-state index is 0.159. The Balaban J connectivity index is 1.36. The van der Waals surface area contributed by atoms with Gasteiger partial charge in [-0.05, 0) is 80.8 Å². The molecule has 1 fully saturated rings. The highest BCUT2D eigenvalue weighted by Crippen LogP contribution is 2.36. The second kappa shape index (κ2) is 12.5. The van der Waals surface area contributed by atoms with Crippen LogP contribution in [-0.2, 0) is 4.79 Å². The van der Waals surface area contributed by atoms with E-state index in [1.807, 2.05) is 31.3 Å². The number of methoxy groups -OCH3 is 1. The fourth-order valence-corrected chi connectivity index (χ4v) is 6.18. The standard InChI is InChI=1S/C27H35FN4O3S/c1-18-26(16-30-31-18)36-14-13-32-12-10-19(20(17-32)4-8-27(33)34)3-6-24(28)22-9-11-29-25-7-5-21(35-2)15-23(22)25/h5,7,9,11,15-16,19-20,24H,3-4,6,8,10,12-14,17H2,1-2H3,(H,30,31)(H,33,34)/t19?,20?,24-/m0/s1. The number of aryl methyl sites for hydroxylation is 1. The number of alkyl halides is 1. The Morgan fingerprint density at radius 1 is 1.33 bits per heavy atom. The molecular weight excluding hydrogens is 479 g/mol. The summed E-state index contributed by atoms with van der Waals surface area (Å²) >= 11 is 1.79. The van der Waals surface area contributed by atoms with E-state index in [-0.39, 0.29) is 12.3 Å². The van der Waals surface area contributed by atoms with Gasteiger partial charge in [-0.1, -0.05) is 0 Å². The number of pyridine rings is 1. The predicted octanol–water partition coefficient (Wildman–Crippen LogP) is 5.66. The van der Waals surface area contributed by atoms with Crippen molar-refractivity contribution in [2.24, 2.45) is 11.8 Å². The number of aromatic nitrogens is 3. The van der Waals surface area contributed by atoms with Gasteiger partial charge in [0.15, 0.2) is 0 Å². The Hall–Kier alpha value is -2.65. The number of carbonyl (C=O) groups is 1. The maximum atomic E-state index is 15.5. The van der Waals surface area contributed by atoms with Gasteiger partial charge in [-0.25, -0.2) is 4.39 Å². The number of aromatic amines is 1. The van der Waals surface area contributed by atoms with Gasteiger partial charge in [-0.15, -0.1) is 11.8 Å². The molecule has 9 heteroatoms. The van der Waals surface area contributed by atoms with Crippen molar-refractivity contribution in [3.63, 3.8) is 0 Å². The second-order valence-electron chi connectivity index (χ2n) is 9.55. The number of nitrogens with zero attached hydrogens (tertiary/aromatic N) is 3. The third kappa shape index (κ3) is 6.76. The van der Waals surface area contributed by atoms with Crippen LogP contribution in [0.2, 0.25) is 0 Å². The predicted molar refractivity (Wildman–Crippen MR) is 140 cm³/mol. The van der Waals surface area contributed by atoms with Crippen LogP contribution in [0.25, 0.3) is 10.9 Å². The number of carboxylic acid groups (broad SMARTS) is 1. The molecule has 2 aromatic heterocycles. The summed E-state index contributed by atoms with van der Waals surface area (Å²) in [6, 6.07) is 7.30. The second-order valence-corrected chi connectivity index (χ2v) is 10.7. The fraction of sp³-hybridized carbons (Fsp3) is 0.519. The lowest BCUT2D eigenvalue weighted by molar-refractivity contribution is -0.137. The van der Waals surface area contributed by atoms with E-state index < -0.39 is 12.1 Å². The highest BCUT2D eigenvalue weighted by Gasteiger charge is 2.30. The summed E-state index contributed by atoms with van der Waals surface area (Å²) in [7, 11) is 1.60. The van der Waals surface area contributed by atoms with E-state index >= 15 is 4.39 Å². The van der Waals surface area contributed by atoms with Crippen LogP contribution in [0.5, 0.6) is 5.75 Å². The van der Waals surface area contributed by atoms with E-state index in [9.17, 15) is 9.90 Å². The summed E-state index contributed by atoms with van der Waals surface area (Å²) < 4.78 is 20.9. The van der Waals surface area contributed by atoms with E-state index in [4.69, 9.17) is 4.74 Å². The molecule has 2 unspecified atom stereocenters. The van der Waals surface area contributed by atoms with E-state index in [2.05, 4.69) is 20.1 Å². The van der Waals surface area contributed by atoms with Gasteiger partial charge in [0.05, 0.1) is 18.3 Å². The Kier molecular flexibility index (Phi) is 9.20.